The van der Waals surface area contributed by atoms with Gasteiger partial charge in [-0.15, -0.1) is 0 Å². The normalized spacial score (nSPS) is 13.5. The van der Waals surface area contributed by atoms with Crippen LogP contribution >= 0.6 is 0 Å². The van der Waals surface area contributed by atoms with Crippen molar-refractivity contribution in [3.8, 4) is 5.75 Å². The van der Waals surface area contributed by atoms with Crippen molar-refractivity contribution in [3.63, 3.8) is 0 Å². The van der Waals surface area contributed by atoms with Crippen molar-refractivity contribution in [1.29, 1.82) is 0 Å². The largest absolute Gasteiger partial charge is 0.508 e. The van der Waals surface area contributed by atoms with Crippen molar-refractivity contribution in [3.05, 3.63) is 29.8 Å². The molecule has 5 N–H and O–H groups in total. The van der Waals surface area contributed by atoms with Crippen molar-refractivity contribution in [2.75, 3.05) is 0 Å². The Morgan fingerprint density at radius 2 is 1.90 bits per heavy atom. The Morgan fingerprint density at radius 3 is 2.40 bits per heavy atom. The Morgan fingerprint density at radius 1 is 1.30 bits per heavy atom. The molecule has 0 aliphatic carbocycles. The van der Waals surface area contributed by atoms with Crippen LogP contribution in [-0.4, -0.2) is 34.2 Å². The SMILES string of the molecule is CCC(N)CC(=O)N[C@H](Cc1ccc(O)cc1)C(=O)O. The predicted octanol–water partition coefficient (Wildman–Crippen LogP) is 0.631. The van der Waals surface area contributed by atoms with Crippen LogP contribution in [0, 0.1) is 0 Å². The summed E-state index contributed by atoms with van der Waals surface area (Å²) in [6, 6.07) is 4.92. The monoisotopic (exact) mass is 280 g/mol. The minimum Gasteiger partial charge on any atom is -0.508 e. The number of carbonyl (C=O) groups is 2. The smallest absolute Gasteiger partial charge is 0.326 e. The van der Waals surface area contributed by atoms with E-state index in [4.69, 9.17) is 10.8 Å². The summed E-state index contributed by atoms with van der Waals surface area (Å²) in [7, 11) is 0. The molecule has 0 saturated carbocycles. The number of nitrogens with one attached hydrogen (secondary N) is 1. The molecule has 1 amide bonds. The van der Waals surface area contributed by atoms with E-state index in [1.165, 1.54) is 12.1 Å². The maximum Gasteiger partial charge on any atom is 0.326 e. The van der Waals surface area contributed by atoms with Gasteiger partial charge in [-0.1, -0.05) is 19.1 Å². The number of aromatic hydroxyl groups is 1. The van der Waals surface area contributed by atoms with E-state index in [1.807, 2.05) is 6.92 Å². The van der Waals surface area contributed by atoms with Crippen molar-refractivity contribution >= 4 is 11.9 Å². The summed E-state index contributed by atoms with van der Waals surface area (Å²) in [5.74, 6) is -1.36. The highest BCUT2D eigenvalue weighted by molar-refractivity contribution is 5.84. The molecular weight excluding hydrogens is 260 g/mol. The van der Waals surface area contributed by atoms with Gasteiger partial charge in [0.25, 0.3) is 0 Å². The summed E-state index contributed by atoms with van der Waals surface area (Å²) in [6.45, 7) is 1.86. The van der Waals surface area contributed by atoms with Gasteiger partial charge in [-0.05, 0) is 24.1 Å². The Kier molecular flexibility index (Phi) is 5.99. The highest BCUT2D eigenvalue weighted by Gasteiger charge is 2.21. The lowest BCUT2D eigenvalue weighted by atomic mass is 10.1. The maximum atomic E-state index is 11.7. The summed E-state index contributed by atoms with van der Waals surface area (Å²) >= 11 is 0. The Bertz CT molecular complexity index is 459. The van der Waals surface area contributed by atoms with Crippen LogP contribution in [0.1, 0.15) is 25.3 Å². The van der Waals surface area contributed by atoms with E-state index in [2.05, 4.69) is 5.32 Å². The van der Waals surface area contributed by atoms with Crippen LogP contribution in [0.3, 0.4) is 0 Å². The second-order valence-electron chi connectivity index (χ2n) is 4.70. The molecule has 0 saturated heterocycles. The maximum absolute atomic E-state index is 11.7. The lowest BCUT2D eigenvalue weighted by Gasteiger charge is -2.16. The van der Waals surface area contributed by atoms with Gasteiger partial charge in [0, 0.05) is 18.9 Å². The summed E-state index contributed by atoms with van der Waals surface area (Å²) < 4.78 is 0. The summed E-state index contributed by atoms with van der Waals surface area (Å²) in [5.41, 5.74) is 6.38. The van der Waals surface area contributed by atoms with Crippen molar-refractivity contribution in [1.82, 2.24) is 5.32 Å². The number of benzene rings is 1. The van der Waals surface area contributed by atoms with Crippen LogP contribution in [0.15, 0.2) is 24.3 Å². The van der Waals surface area contributed by atoms with E-state index in [-0.39, 0.29) is 30.5 Å². The minimum atomic E-state index is -1.10. The van der Waals surface area contributed by atoms with Gasteiger partial charge in [-0.2, -0.15) is 0 Å². The molecule has 20 heavy (non-hydrogen) atoms. The van der Waals surface area contributed by atoms with Crippen molar-refractivity contribution in [2.24, 2.45) is 5.73 Å². The molecule has 0 aliphatic heterocycles. The van der Waals surface area contributed by atoms with Crippen LogP contribution in [0.2, 0.25) is 0 Å². The van der Waals surface area contributed by atoms with Crippen LogP contribution in [-0.2, 0) is 16.0 Å². The number of hydrogen-bond acceptors (Lipinski definition) is 4. The molecule has 1 unspecified atom stereocenters. The first-order chi connectivity index (χ1) is 9.42. The first-order valence-corrected chi connectivity index (χ1v) is 6.48. The van der Waals surface area contributed by atoms with Gasteiger partial charge in [0.1, 0.15) is 11.8 Å². The molecule has 0 radical (unpaired) electrons. The topological polar surface area (TPSA) is 113 Å². The summed E-state index contributed by atoms with van der Waals surface area (Å²) in [6.07, 6.45) is 0.918. The standard InChI is InChI=1S/C14H20N2O4/c1-2-10(15)8-13(18)16-12(14(19)20)7-9-3-5-11(17)6-4-9/h3-6,10,12,17H,2,7-8,15H2,1H3,(H,16,18)(H,19,20)/t10?,12-/m1/s1. The van der Waals surface area contributed by atoms with E-state index in [9.17, 15) is 14.7 Å². The number of amides is 1. The molecule has 6 heteroatoms. The molecule has 0 aliphatic rings. The van der Waals surface area contributed by atoms with E-state index >= 15 is 0 Å². The van der Waals surface area contributed by atoms with Gasteiger partial charge in [0.15, 0.2) is 0 Å². The van der Waals surface area contributed by atoms with Crippen molar-refractivity contribution < 1.29 is 19.8 Å². The predicted molar refractivity (Wildman–Crippen MR) is 74.3 cm³/mol. The molecule has 2 atom stereocenters. The number of aliphatic carboxylic acids is 1. The number of carboxylic acids is 1. The summed E-state index contributed by atoms with van der Waals surface area (Å²) in [5, 5.41) is 20.8. The number of rotatable bonds is 7. The Hall–Kier alpha value is -2.08. The number of carboxylic acid groups (broad SMARTS) is 1. The van der Waals surface area contributed by atoms with Gasteiger partial charge >= 0.3 is 5.97 Å². The van der Waals surface area contributed by atoms with Crippen LogP contribution < -0.4 is 11.1 Å². The third-order valence-corrected chi connectivity index (χ3v) is 2.98. The molecule has 110 valence electrons. The van der Waals surface area contributed by atoms with Crippen LogP contribution in [0.5, 0.6) is 5.75 Å². The molecule has 1 aromatic rings. The van der Waals surface area contributed by atoms with Gasteiger partial charge in [0.05, 0.1) is 0 Å². The molecule has 0 aromatic heterocycles. The number of phenolic OH excluding ortho intramolecular Hbond substituents is 1. The van der Waals surface area contributed by atoms with E-state index in [1.54, 1.807) is 12.1 Å². The zero-order valence-corrected chi connectivity index (χ0v) is 11.4. The quantitative estimate of drug-likeness (QED) is 0.585. The average molecular weight is 280 g/mol. The number of carbonyl (C=O) groups excluding carboxylic acids is 1. The highest BCUT2D eigenvalue weighted by Crippen LogP contribution is 2.11. The zero-order chi connectivity index (χ0) is 15.1. The third-order valence-electron chi connectivity index (χ3n) is 2.98. The second kappa shape index (κ2) is 7.49. The molecule has 0 bridgehead atoms. The molecule has 6 nitrogen and oxygen atoms in total. The van der Waals surface area contributed by atoms with Crippen LogP contribution in [0.25, 0.3) is 0 Å². The lowest BCUT2D eigenvalue weighted by Crippen LogP contribution is -2.44. The average Bonchev–Trinajstić information content (AvgIpc) is 2.40. The molecular formula is C14H20N2O4. The number of hydrogen-bond donors (Lipinski definition) is 4. The van der Waals surface area contributed by atoms with Crippen LogP contribution in [0.4, 0.5) is 0 Å². The molecule has 1 aromatic carbocycles. The van der Waals surface area contributed by atoms with Gasteiger partial charge < -0.3 is 21.3 Å². The molecule has 0 fully saturated rings. The zero-order valence-electron chi connectivity index (χ0n) is 11.4. The molecule has 1 rings (SSSR count). The summed E-state index contributed by atoms with van der Waals surface area (Å²) in [4.78, 5) is 22.8. The van der Waals surface area contributed by atoms with E-state index < -0.39 is 12.0 Å². The van der Waals surface area contributed by atoms with Gasteiger partial charge in [-0.25, -0.2) is 4.79 Å². The fourth-order valence-electron chi connectivity index (χ4n) is 1.70. The molecule has 0 spiro atoms. The van der Waals surface area contributed by atoms with E-state index in [0.717, 1.165) is 5.56 Å². The minimum absolute atomic E-state index is 0.107. The fraction of sp³-hybridized carbons (Fsp3) is 0.429. The lowest BCUT2D eigenvalue weighted by molar-refractivity contribution is -0.141. The Labute approximate surface area is 117 Å². The fourth-order valence-corrected chi connectivity index (χ4v) is 1.70. The second-order valence-corrected chi connectivity index (χ2v) is 4.70. The van der Waals surface area contributed by atoms with Crippen molar-refractivity contribution in [2.45, 2.75) is 38.3 Å². The highest BCUT2D eigenvalue weighted by atomic mass is 16.4. The van der Waals surface area contributed by atoms with Gasteiger partial charge in [-0.3, -0.25) is 4.79 Å². The molecule has 0 heterocycles. The first-order valence-electron chi connectivity index (χ1n) is 6.48. The number of phenols is 1. The number of nitrogens with two attached hydrogens (primary N) is 1. The van der Waals surface area contributed by atoms with E-state index in [0.29, 0.717) is 6.42 Å². The third kappa shape index (κ3) is 5.27. The first kappa shape index (κ1) is 16.0. The Balaban J connectivity index is 2.63. The van der Waals surface area contributed by atoms with Gasteiger partial charge in [0.2, 0.25) is 5.91 Å².